The number of nitrogens with zero attached hydrogens (tertiary/aromatic N) is 1. The second kappa shape index (κ2) is 10.8. The van der Waals surface area contributed by atoms with Crippen molar-refractivity contribution in [3.8, 4) is 0 Å². The number of rotatable bonds is 7. The third-order valence-electron chi connectivity index (χ3n) is 3.15. The van der Waals surface area contributed by atoms with Gasteiger partial charge in [-0.05, 0) is 74.7 Å². The second-order valence-electron chi connectivity index (χ2n) is 10.4. The summed E-state index contributed by atoms with van der Waals surface area (Å²) in [5.74, 6) is -2.33. The molecule has 11 heteroatoms. The standard InChI is InChI=1S/C21H39NO9S/c1-14(13-28-32(11,26)27)12-15(16(23)29-19(2,3)4)22(17(24)30-20(5,6)7)18(25)31-21(8,9)10/h14-15H,12-13H2,1-11H3/t14-,15-/m0/s1/i13D2. The molecule has 0 aromatic heterocycles. The zero-order valence-corrected chi connectivity index (χ0v) is 21.7. The van der Waals surface area contributed by atoms with Crippen molar-refractivity contribution < 1.29 is 43.9 Å². The lowest BCUT2D eigenvalue weighted by atomic mass is 10.0. The van der Waals surface area contributed by atoms with E-state index >= 15 is 0 Å². The summed E-state index contributed by atoms with van der Waals surface area (Å²) in [5, 5.41) is 0. The van der Waals surface area contributed by atoms with Crippen LogP contribution < -0.4 is 0 Å². The quantitative estimate of drug-likeness (QED) is 0.301. The molecule has 0 saturated carbocycles. The Kier molecular flexibility index (Phi) is 8.92. The van der Waals surface area contributed by atoms with Crippen molar-refractivity contribution >= 4 is 28.3 Å². The van der Waals surface area contributed by atoms with E-state index in [1.54, 1.807) is 62.3 Å². The molecule has 2 atom stereocenters. The van der Waals surface area contributed by atoms with Crippen molar-refractivity contribution in [3.05, 3.63) is 0 Å². The van der Waals surface area contributed by atoms with Crippen molar-refractivity contribution in [2.45, 2.75) is 98.5 Å². The molecule has 32 heavy (non-hydrogen) atoms. The molecule has 0 spiro atoms. The van der Waals surface area contributed by atoms with Gasteiger partial charge in [0.25, 0.3) is 10.1 Å². The van der Waals surface area contributed by atoms with E-state index in [4.69, 9.17) is 17.0 Å². The van der Waals surface area contributed by atoms with Gasteiger partial charge in [-0.1, -0.05) is 6.92 Å². The smallest absolute Gasteiger partial charge is 0.420 e. The van der Waals surface area contributed by atoms with Gasteiger partial charge in [0.15, 0.2) is 0 Å². The number of hydrogen-bond donors (Lipinski definition) is 0. The van der Waals surface area contributed by atoms with E-state index in [9.17, 15) is 22.8 Å². The highest BCUT2D eigenvalue weighted by atomic mass is 32.2. The van der Waals surface area contributed by atoms with Crippen LogP contribution >= 0.6 is 0 Å². The molecule has 0 aliphatic heterocycles. The fraction of sp³-hybridized carbons (Fsp3) is 0.857. The van der Waals surface area contributed by atoms with Gasteiger partial charge in [0.2, 0.25) is 0 Å². The highest BCUT2D eigenvalue weighted by Crippen LogP contribution is 2.23. The van der Waals surface area contributed by atoms with Crippen LogP contribution in [0.15, 0.2) is 0 Å². The van der Waals surface area contributed by atoms with Gasteiger partial charge >= 0.3 is 18.2 Å². The maximum Gasteiger partial charge on any atom is 0.420 e. The number of imide groups is 1. The van der Waals surface area contributed by atoms with Gasteiger partial charge in [-0.2, -0.15) is 13.3 Å². The predicted octanol–water partition coefficient (Wildman–Crippen LogP) is 3.87. The van der Waals surface area contributed by atoms with E-state index in [0.717, 1.165) is 0 Å². The summed E-state index contributed by atoms with van der Waals surface area (Å²) >= 11 is 0. The average Bonchev–Trinajstić information content (AvgIpc) is 2.46. The number of carbonyl (C=O) groups is 3. The number of esters is 1. The topological polar surface area (TPSA) is 126 Å². The fourth-order valence-electron chi connectivity index (χ4n) is 2.18. The van der Waals surface area contributed by atoms with E-state index in [2.05, 4.69) is 4.18 Å². The van der Waals surface area contributed by atoms with Crippen molar-refractivity contribution in [3.63, 3.8) is 0 Å². The first kappa shape index (κ1) is 26.4. The Morgan fingerprint density at radius 1 is 0.844 bits per heavy atom. The second-order valence-corrected chi connectivity index (χ2v) is 12.0. The maximum atomic E-state index is 13.1. The Bertz CT molecular complexity index is 825. The maximum absolute atomic E-state index is 13.1. The van der Waals surface area contributed by atoms with Crippen molar-refractivity contribution in [2.24, 2.45) is 5.92 Å². The van der Waals surface area contributed by atoms with Crippen LogP contribution in [0.1, 0.15) is 78.4 Å². The van der Waals surface area contributed by atoms with Gasteiger partial charge in [-0.3, -0.25) is 4.18 Å². The van der Waals surface area contributed by atoms with Gasteiger partial charge in [-0.15, -0.1) is 0 Å². The third-order valence-corrected chi connectivity index (χ3v) is 3.55. The first-order valence-electron chi connectivity index (χ1n) is 11.1. The lowest BCUT2D eigenvalue weighted by Gasteiger charge is -2.34. The minimum Gasteiger partial charge on any atom is -0.458 e. The summed E-state index contributed by atoms with van der Waals surface area (Å²) in [5.41, 5.74) is -3.11. The Morgan fingerprint density at radius 2 is 1.22 bits per heavy atom. The first-order valence-corrected chi connectivity index (χ1v) is 11.9. The molecule has 0 radical (unpaired) electrons. The van der Waals surface area contributed by atoms with Crippen LogP contribution in [-0.4, -0.2) is 67.1 Å². The summed E-state index contributed by atoms with van der Waals surface area (Å²) in [6.45, 7) is 12.6. The molecule has 0 fully saturated rings. The van der Waals surface area contributed by atoms with Crippen LogP contribution in [0.25, 0.3) is 0 Å². The molecule has 0 N–H and O–H groups in total. The molecule has 0 aliphatic carbocycles. The zero-order valence-electron chi connectivity index (χ0n) is 22.9. The number of hydrogen-bond acceptors (Lipinski definition) is 9. The molecular formula is C21H39NO9S. The normalized spacial score (nSPS) is 16.2. The van der Waals surface area contributed by atoms with Crippen LogP contribution in [-0.2, 0) is 33.3 Å². The van der Waals surface area contributed by atoms with E-state index in [-0.39, 0.29) is 0 Å². The van der Waals surface area contributed by atoms with Gasteiger partial charge < -0.3 is 14.2 Å². The summed E-state index contributed by atoms with van der Waals surface area (Å²) in [6, 6.07) is -1.71. The van der Waals surface area contributed by atoms with Gasteiger partial charge in [-0.25, -0.2) is 14.4 Å². The number of ether oxygens (including phenoxy) is 3. The van der Waals surface area contributed by atoms with Crippen LogP contribution in [0.2, 0.25) is 0 Å². The molecule has 188 valence electrons. The molecular weight excluding hydrogens is 442 g/mol. The molecule has 0 heterocycles. The largest absolute Gasteiger partial charge is 0.458 e. The Morgan fingerprint density at radius 3 is 1.53 bits per heavy atom. The van der Waals surface area contributed by atoms with E-state index in [0.29, 0.717) is 11.2 Å². The number of carbonyl (C=O) groups excluding carboxylic acids is 3. The molecule has 0 unspecified atom stereocenters. The lowest BCUT2D eigenvalue weighted by molar-refractivity contribution is -0.161. The van der Waals surface area contributed by atoms with Crippen molar-refractivity contribution in [2.75, 3.05) is 12.8 Å². The minimum absolute atomic E-state index is 0.428. The van der Waals surface area contributed by atoms with Crippen molar-refractivity contribution in [1.29, 1.82) is 0 Å². The van der Waals surface area contributed by atoms with E-state index in [1.807, 2.05) is 0 Å². The molecule has 0 aromatic rings. The summed E-state index contributed by atoms with van der Waals surface area (Å²) < 4.78 is 59.6. The molecule has 0 bridgehead atoms. The van der Waals surface area contributed by atoms with Crippen LogP contribution in [0.5, 0.6) is 0 Å². The average molecular weight is 484 g/mol. The highest BCUT2D eigenvalue weighted by Gasteiger charge is 2.42. The summed E-state index contributed by atoms with van der Waals surface area (Å²) in [4.78, 5) is 39.6. The van der Waals surface area contributed by atoms with Gasteiger partial charge in [0.1, 0.15) is 22.8 Å². The van der Waals surface area contributed by atoms with Crippen molar-refractivity contribution in [1.82, 2.24) is 4.90 Å². The number of amides is 2. The first-order chi connectivity index (χ1) is 14.7. The minimum atomic E-state index is -4.20. The molecule has 10 nitrogen and oxygen atoms in total. The predicted molar refractivity (Wildman–Crippen MR) is 119 cm³/mol. The molecule has 0 rings (SSSR count). The summed E-state index contributed by atoms with van der Waals surface area (Å²) in [6.07, 6.45) is -2.30. The molecule has 0 aromatic carbocycles. The van der Waals surface area contributed by atoms with Crippen LogP contribution in [0, 0.1) is 5.92 Å². The monoisotopic (exact) mass is 483 g/mol. The van der Waals surface area contributed by atoms with E-state index < -0.39 is 70.0 Å². The van der Waals surface area contributed by atoms with Crippen LogP contribution in [0.3, 0.4) is 0 Å². The fourth-order valence-corrected chi connectivity index (χ4v) is 2.52. The Hall–Kier alpha value is -1.88. The van der Waals surface area contributed by atoms with Gasteiger partial charge in [0, 0.05) is 0 Å². The lowest BCUT2D eigenvalue weighted by Crippen LogP contribution is -2.53. The molecule has 0 saturated heterocycles. The summed E-state index contributed by atoms with van der Waals surface area (Å²) in [7, 11) is -4.20. The third kappa shape index (κ3) is 13.5. The molecule has 0 aliphatic rings. The Labute approximate surface area is 194 Å². The van der Waals surface area contributed by atoms with Crippen LogP contribution in [0.4, 0.5) is 9.59 Å². The van der Waals surface area contributed by atoms with E-state index in [1.165, 1.54) is 6.92 Å². The Balaban J connectivity index is 6.52. The zero-order chi connectivity index (χ0) is 27.5. The molecule has 2 amide bonds. The van der Waals surface area contributed by atoms with Gasteiger partial charge in [0.05, 0.1) is 15.6 Å². The SMILES string of the molecule is [2H]C([2H])(OS(C)(=O)=O)[C@@H](C)C[C@@H](C(=O)OC(C)(C)C)N(C(=O)OC(C)(C)C)C(=O)OC(C)(C)C. The highest BCUT2D eigenvalue weighted by molar-refractivity contribution is 7.85.